The Kier molecular flexibility index (Phi) is 5.42. The summed E-state index contributed by atoms with van der Waals surface area (Å²) in [7, 11) is 1.93. The topological polar surface area (TPSA) is 47.7 Å². The molecule has 19 heavy (non-hydrogen) atoms. The molecule has 1 N–H and O–H groups in total. The van der Waals surface area contributed by atoms with E-state index in [0.29, 0.717) is 5.92 Å². The van der Waals surface area contributed by atoms with E-state index in [0.717, 1.165) is 24.5 Å². The lowest BCUT2D eigenvalue weighted by Crippen LogP contribution is -2.04. The number of anilines is 1. The molecule has 2 aromatic heterocycles. The molecular weight excluding hydrogens is 262 g/mol. The quantitative estimate of drug-likeness (QED) is 0.918. The average molecular weight is 284 g/mol. The normalized spacial score (nSPS) is 10.6. The highest BCUT2D eigenvalue weighted by Crippen LogP contribution is 2.13. The van der Waals surface area contributed by atoms with Crippen molar-refractivity contribution >= 4 is 18.1 Å². The standard InChI is InChI=1S/C13H21N5.ClH/c1-10(2)7-18-8-12(6-15-18)5-14-13-9-17(4)16-11(13)3;/h6,8-10,14H,5,7H2,1-4H3;1H. The molecule has 0 radical (unpaired) electrons. The minimum atomic E-state index is 0. The monoisotopic (exact) mass is 283 g/mol. The molecule has 0 saturated carbocycles. The Hall–Kier alpha value is -1.49. The van der Waals surface area contributed by atoms with Crippen molar-refractivity contribution in [2.75, 3.05) is 5.32 Å². The highest BCUT2D eigenvalue weighted by atomic mass is 35.5. The van der Waals surface area contributed by atoms with Crippen LogP contribution in [0.5, 0.6) is 0 Å². The molecular formula is C13H22ClN5. The van der Waals surface area contributed by atoms with Gasteiger partial charge in [0.1, 0.15) is 0 Å². The van der Waals surface area contributed by atoms with E-state index in [-0.39, 0.29) is 12.4 Å². The third kappa shape index (κ3) is 4.28. The molecule has 106 valence electrons. The molecule has 2 rings (SSSR count). The fourth-order valence-corrected chi connectivity index (χ4v) is 1.94. The number of halogens is 1. The molecule has 0 aliphatic carbocycles. The van der Waals surface area contributed by atoms with E-state index in [9.17, 15) is 0 Å². The van der Waals surface area contributed by atoms with Crippen molar-refractivity contribution in [1.82, 2.24) is 19.6 Å². The molecule has 0 unspecified atom stereocenters. The van der Waals surface area contributed by atoms with Gasteiger partial charge in [0.2, 0.25) is 0 Å². The Morgan fingerprint density at radius 3 is 2.63 bits per heavy atom. The summed E-state index contributed by atoms with van der Waals surface area (Å²) in [5.41, 5.74) is 3.29. The fourth-order valence-electron chi connectivity index (χ4n) is 1.94. The summed E-state index contributed by atoms with van der Waals surface area (Å²) in [6, 6.07) is 0. The van der Waals surface area contributed by atoms with Gasteiger partial charge in [0.15, 0.2) is 0 Å². The Bertz CT molecular complexity index is 515. The van der Waals surface area contributed by atoms with E-state index in [2.05, 4.69) is 35.6 Å². The SMILES string of the molecule is Cc1nn(C)cc1NCc1cnn(CC(C)C)c1.Cl. The number of hydrogen-bond acceptors (Lipinski definition) is 3. The summed E-state index contributed by atoms with van der Waals surface area (Å²) >= 11 is 0. The number of rotatable bonds is 5. The summed E-state index contributed by atoms with van der Waals surface area (Å²) in [5.74, 6) is 0.617. The summed E-state index contributed by atoms with van der Waals surface area (Å²) in [4.78, 5) is 0. The van der Waals surface area contributed by atoms with Crippen molar-refractivity contribution in [1.29, 1.82) is 0 Å². The Balaban J connectivity index is 0.00000180. The average Bonchev–Trinajstić information content (AvgIpc) is 2.82. The largest absolute Gasteiger partial charge is 0.378 e. The van der Waals surface area contributed by atoms with Gasteiger partial charge in [-0.3, -0.25) is 9.36 Å². The first-order valence-electron chi connectivity index (χ1n) is 6.30. The molecule has 0 spiro atoms. The van der Waals surface area contributed by atoms with Gasteiger partial charge in [0.25, 0.3) is 0 Å². The van der Waals surface area contributed by atoms with Crippen LogP contribution in [0.3, 0.4) is 0 Å². The van der Waals surface area contributed by atoms with Gasteiger partial charge in [0.05, 0.1) is 17.6 Å². The molecule has 0 aromatic carbocycles. The molecule has 0 bridgehead atoms. The molecule has 6 heteroatoms. The fraction of sp³-hybridized carbons (Fsp3) is 0.538. The number of nitrogens with one attached hydrogen (secondary N) is 1. The van der Waals surface area contributed by atoms with Gasteiger partial charge in [-0.2, -0.15) is 10.2 Å². The van der Waals surface area contributed by atoms with Crippen molar-refractivity contribution in [3.63, 3.8) is 0 Å². The van der Waals surface area contributed by atoms with Crippen LogP contribution >= 0.6 is 12.4 Å². The number of hydrogen-bond donors (Lipinski definition) is 1. The molecule has 2 aromatic rings. The lowest BCUT2D eigenvalue weighted by molar-refractivity contribution is 0.483. The Labute approximate surface area is 120 Å². The van der Waals surface area contributed by atoms with Crippen LogP contribution in [0.15, 0.2) is 18.6 Å². The third-order valence-electron chi connectivity index (χ3n) is 2.74. The first-order valence-corrected chi connectivity index (χ1v) is 6.30. The molecule has 5 nitrogen and oxygen atoms in total. The third-order valence-corrected chi connectivity index (χ3v) is 2.74. The highest BCUT2D eigenvalue weighted by molar-refractivity contribution is 5.85. The van der Waals surface area contributed by atoms with E-state index in [1.165, 1.54) is 5.56 Å². The lowest BCUT2D eigenvalue weighted by atomic mass is 10.2. The van der Waals surface area contributed by atoms with Gasteiger partial charge in [-0.25, -0.2) is 0 Å². The minimum Gasteiger partial charge on any atom is -0.378 e. The van der Waals surface area contributed by atoms with Crippen LogP contribution < -0.4 is 5.32 Å². The molecule has 2 heterocycles. The first kappa shape index (κ1) is 15.6. The zero-order valence-corrected chi connectivity index (χ0v) is 12.7. The van der Waals surface area contributed by atoms with Gasteiger partial charge in [-0.1, -0.05) is 13.8 Å². The zero-order valence-electron chi connectivity index (χ0n) is 11.9. The van der Waals surface area contributed by atoms with Crippen LogP contribution in [0.25, 0.3) is 0 Å². The predicted molar refractivity (Wildman–Crippen MR) is 79.6 cm³/mol. The van der Waals surface area contributed by atoms with Crippen molar-refractivity contribution in [3.05, 3.63) is 29.8 Å². The van der Waals surface area contributed by atoms with Crippen LogP contribution in [0.1, 0.15) is 25.1 Å². The molecule has 0 saturated heterocycles. The van der Waals surface area contributed by atoms with Crippen LogP contribution in [0.2, 0.25) is 0 Å². The van der Waals surface area contributed by atoms with Gasteiger partial charge >= 0.3 is 0 Å². The lowest BCUT2D eigenvalue weighted by Gasteiger charge is -2.04. The van der Waals surface area contributed by atoms with Gasteiger partial charge in [0, 0.05) is 38.1 Å². The maximum atomic E-state index is 4.35. The summed E-state index contributed by atoms with van der Waals surface area (Å²) in [6.45, 7) is 8.14. The number of aromatic nitrogens is 4. The Morgan fingerprint density at radius 2 is 2.05 bits per heavy atom. The second kappa shape index (κ2) is 6.61. The van der Waals surface area contributed by atoms with Gasteiger partial charge in [-0.05, 0) is 12.8 Å². The van der Waals surface area contributed by atoms with E-state index in [1.807, 2.05) is 35.7 Å². The Morgan fingerprint density at radius 1 is 1.32 bits per heavy atom. The van der Waals surface area contributed by atoms with Gasteiger partial charge in [-0.15, -0.1) is 12.4 Å². The van der Waals surface area contributed by atoms with Crippen molar-refractivity contribution < 1.29 is 0 Å². The van der Waals surface area contributed by atoms with E-state index < -0.39 is 0 Å². The van der Waals surface area contributed by atoms with E-state index in [4.69, 9.17) is 0 Å². The van der Waals surface area contributed by atoms with Gasteiger partial charge < -0.3 is 5.32 Å². The molecule has 0 aliphatic rings. The zero-order chi connectivity index (χ0) is 13.1. The maximum absolute atomic E-state index is 4.35. The van der Waals surface area contributed by atoms with Crippen LogP contribution in [-0.2, 0) is 20.1 Å². The molecule has 0 fully saturated rings. The van der Waals surface area contributed by atoms with Crippen LogP contribution in [0, 0.1) is 12.8 Å². The predicted octanol–water partition coefficient (Wildman–Crippen LogP) is 2.61. The number of aryl methyl sites for hydroxylation is 2. The molecule has 0 amide bonds. The smallest absolute Gasteiger partial charge is 0.0825 e. The van der Waals surface area contributed by atoms with E-state index >= 15 is 0 Å². The number of nitrogens with zero attached hydrogens (tertiary/aromatic N) is 4. The maximum Gasteiger partial charge on any atom is 0.0825 e. The summed E-state index contributed by atoms with van der Waals surface area (Å²) in [6.07, 6.45) is 6.01. The van der Waals surface area contributed by atoms with Crippen molar-refractivity contribution in [3.8, 4) is 0 Å². The van der Waals surface area contributed by atoms with Crippen LogP contribution in [-0.4, -0.2) is 19.6 Å². The summed E-state index contributed by atoms with van der Waals surface area (Å²) in [5, 5.41) is 12.0. The van der Waals surface area contributed by atoms with Crippen molar-refractivity contribution in [2.45, 2.75) is 33.9 Å². The minimum absolute atomic E-state index is 0. The van der Waals surface area contributed by atoms with E-state index in [1.54, 1.807) is 0 Å². The second-order valence-corrected chi connectivity index (χ2v) is 5.12. The molecule has 0 aliphatic heterocycles. The first-order chi connectivity index (χ1) is 8.54. The molecule has 0 atom stereocenters. The second-order valence-electron chi connectivity index (χ2n) is 5.12. The van der Waals surface area contributed by atoms with Crippen molar-refractivity contribution in [2.24, 2.45) is 13.0 Å². The van der Waals surface area contributed by atoms with Crippen LogP contribution in [0.4, 0.5) is 5.69 Å². The highest BCUT2D eigenvalue weighted by Gasteiger charge is 2.04. The summed E-state index contributed by atoms with van der Waals surface area (Å²) < 4.78 is 3.82.